The normalized spacial score (nSPS) is 12.9. The highest BCUT2D eigenvalue weighted by molar-refractivity contribution is 7.90. The van der Waals surface area contributed by atoms with Gasteiger partial charge in [0, 0.05) is 11.3 Å². The fourth-order valence-corrected chi connectivity index (χ4v) is 3.17. The van der Waals surface area contributed by atoms with Gasteiger partial charge < -0.3 is 0 Å². The molecule has 0 saturated heterocycles. The number of sulfone groups is 1. The van der Waals surface area contributed by atoms with Crippen LogP contribution in [-0.2, 0) is 15.3 Å². The van der Waals surface area contributed by atoms with Crippen LogP contribution in [0.1, 0.15) is 26.3 Å². The maximum atomic E-state index is 11.6. The lowest BCUT2D eigenvalue weighted by molar-refractivity contribution is 0.564. The smallest absolute Gasteiger partial charge is 0.175 e. The summed E-state index contributed by atoms with van der Waals surface area (Å²) >= 11 is 6.06. The molecular weight excluding hydrogens is 232 g/mol. The molecule has 0 atom stereocenters. The van der Waals surface area contributed by atoms with Crippen LogP contribution < -0.4 is 0 Å². The van der Waals surface area contributed by atoms with E-state index in [1.807, 2.05) is 20.8 Å². The molecule has 4 heteroatoms. The lowest BCUT2D eigenvalue weighted by Gasteiger charge is -2.23. The van der Waals surface area contributed by atoms with Crippen molar-refractivity contribution in [3.05, 3.63) is 28.8 Å². The van der Waals surface area contributed by atoms with Crippen LogP contribution in [0.15, 0.2) is 23.1 Å². The molecule has 0 saturated carbocycles. The number of halogens is 1. The van der Waals surface area contributed by atoms with Crippen molar-refractivity contribution in [1.82, 2.24) is 0 Å². The van der Waals surface area contributed by atoms with Crippen LogP contribution in [-0.4, -0.2) is 14.7 Å². The Morgan fingerprint density at radius 2 is 1.73 bits per heavy atom. The molecule has 0 aliphatic carbocycles. The standard InChI is InChI=1S/C11H15ClO2S/c1-11(2,3)10-8(12)6-5-7-9(10)15(4,13)14/h5-7H,1-4H3. The first-order chi connectivity index (χ1) is 6.64. The van der Waals surface area contributed by atoms with Gasteiger partial charge in [-0.3, -0.25) is 0 Å². The van der Waals surface area contributed by atoms with Crippen molar-refractivity contribution in [1.29, 1.82) is 0 Å². The van der Waals surface area contributed by atoms with Crippen molar-refractivity contribution in [2.45, 2.75) is 31.1 Å². The molecule has 0 bridgehead atoms. The molecule has 0 aliphatic heterocycles. The molecule has 2 nitrogen and oxygen atoms in total. The van der Waals surface area contributed by atoms with Gasteiger partial charge in [-0.1, -0.05) is 38.4 Å². The number of hydrogen-bond donors (Lipinski definition) is 0. The first kappa shape index (κ1) is 12.5. The molecule has 1 aromatic carbocycles. The van der Waals surface area contributed by atoms with Crippen molar-refractivity contribution >= 4 is 21.4 Å². The van der Waals surface area contributed by atoms with E-state index in [0.29, 0.717) is 15.5 Å². The summed E-state index contributed by atoms with van der Waals surface area (Å²) in [5.74, 6) is 0. The van der Waals surface area contributed by atoms with Gasteiger partial charge in [0.15, 0.2) is 9.84 Å². The van der Waals surface area contributed by atoms with Gasteiger partial charge in [-0.25, -0.2) is 8.42 Å². The molecule has 0 N–H and O–H groups in total. The summed E-state index contributed by atoms with van der Waals surface area (Å²) in [7, 11) is -3.22. The molecule has 15 heavy (non-hydrogen) atoms. The molecular formula is C11H15ClO2S. The summed E-state index contributed by atoms with van der Waals surface area (Å²) in [6, 6.07) is 4.98. The number of benzene rings is 1. The fraction of sp³-hybridized carbons (Fsp3) is 0.455. The predicted molar refractivity (Wildman–Crippen MR) is 63.3 cm³/mol. The highest BCUT2D eigenvalue weighted by atomic mass is 35.5. The van der Waals surface area contributed by atoms with Gasteiger partial charge in [0.1, 0.15) is 0 Å². The molecule has 84 valence electrons. The maximum Gasteiger partial charge on any atom is 0.175 e. The molecule has 0 fully saturated rings. The average Bonchev–Trinajstić information content (AvgIpc) is 1.99. The van der Waals surface area contributed by atoms with Crippen LogP contribution in [0.2, 0.25) is 5.02 Å². The average molecular weight is 247 g/mol. The molecule has 0 aliphatic rings. The first-order valence-electron chi connectivity index (χ1n) is 4.63. The zero-order valence-electron chi connectivity index (χ0n) is 9.33. The summed E-state index contributed by atoms with van der Waals surface area (Å²) in [6.45, 7) is 5.84. The Labute approximate surface area is 96.2 Å². The topological polar surface area (TPSA) is 34.1 Å². The second-order valence-electron chi connectivity index (χ2n) is 4.64. The summed E-state index contributed by atoms with van der Waals surface area (Å²) in [4.78, 5) is 0.322. The van der Waals surface area contributed by atoms with Crippen LogP contribution in [0.4, 0.5) is 0 Å². The van der Waals surface area contributed by atoms with Crippen molar-refractivity contribution in [2.75, 3.05) is 6.26 Å². The lowest BCUT2D eigenvalue weighted by Crippen LogP contribution is -2.17. The first-order valence-corrected chi connectivity index (χ1v) is 6.90. The van der Waals surface area contributed by atoms with Gasteiger partial charge in [0.2, 0.25) is 0 Å². The third-order valence-electron chi connectivity index (χ3n) is 2.12. The molecule has 1 aromatic rings. The zero-order chi connectivity index (χ0) is 11.9. The minimum atomic E-state index is -3.22. The highest BCUT2D eigenvalue weighted by Crippen LogP contribution is 2.34. The summed E-state index contributed by atoms with van der Waals surface area (Å²) < 4.78 is 23.2. The largest absolute Gasteiger partial charge is 0.224 e. The third-order valence-corrected chi connectivity index (χ3v) is 3.58. The van der Waals surface area contributed by atoms with Crippen LogP contribution >= 0.6 is 11.6 Å². The Hall–Kier alpha value is -0.540. The Balaban J connectivity index is 3.63. The Bertz CT molecular complexity index is 470. The summed E-state index contributed by atoms with van der Waals surface area (Å²) in [5, 5.41) is 0.505. The van der Waals surface area contributed by atoms with Gasteiger partial charge in [-0.2, -0.15) is 0 Å². The van der Waals surface area contributed by atoms with Gasteiger partial charge in [0.25, 0.3) is 0 Å². The third kappa shape index (κ3) is 2.73. The van der Waals surface area contributed by atoms with E-state index in [4.69, 9.17) is 11.6 Å². The molecule has 0 aromatic heterocycles. The van der Waals surface area contributed by atoms with E-state index in [-0.39, 0.29) is 5.41 Å². The molecule has 0 amide bonds. The molecule has 1 rings (SSSR count). The fourth-order valence-electron chi connectivity index (χ4n) is 1.54. The number of rotatable bonds is 1. The van der Waals surface area contributed by atoms with E-state index >= 15 is 0 Å². The molecule has 0 unspecified atom stereocenters. The minimum absolute atomic E-state index is 0.281. The Morgan fingerprint density at radius 1 is 1.20 bits per heavy atom. The van der Waals surface area contributed by atoms with Gasteiger partial charge >= 0.3 is 0 Å². The van der Waals surface area contributed by atoms with Crippen LogP contribution in [0.3, 0.4) is 0 Å². The molecule has 0 radical (unpaired) electrons. The molecule has 0 spiro atoms. The quantitative estimate of drug-likeness (QED) is 0.763. The van der Waals surface area contributed by atoms with E-state index in [2.05, 4.69) is 0 Å². The van der Waals surface area contributed by atoms with Gasteiger partial charge in [-0.15, -0.1) is 0 Å². The molecule has 0 heterocycles. The Morgan fingerprint density at radius 3 is 2.07 bits per heavy atom. The van der Waals surface area contributed by atoms with E-state index < -0.39 is 9.84 Å². The Kier molecular flexibility index (Phi) is 3.17. The van der Waals surface area contributed by atoms with E-state index in [9.17, 15) is 8.42 Å². The monoisotopic (exact) mass is 246 g/mol. The predicted octanol–water partition coefficient (Wildman–Crippen LogP) is 3.04. The van der Waals surface area contributed by atoms with E-state index in [0.717, 1.165) is 0 Å². The SMILES string of the molecule is CC(C)(C)c1c(Cl)cccc1S(C)(=O)=O. The van der Waals surface area contributed by atoms with Crippen molar-refractivity contribution in [3.8, 4) is 0 Å². The minimum Gasteiger partial charge on any atom is -0.224 e. The van der Waals surface area contributed by atoms with Crippen molar-refractivity contribution in [2.24, 2.45) is 0 Å². The zero-order valence-corrected chi connectivity index (χ0v) is 10.9. The summed E-state index contributed by atoms with van der Waals surface area (Å²) in [5.41, 5.74) is 0.408. The highest BCUT2D eigenvalue weighted by Gasteiger charge is 2.25. The second-order valence-corrected chi connectivity index (χ2v) is 7.03. The van der Waals surface area contributed by atoms with Crippen LogP contribution in [0.5, 0.6) is 0 Å². The van der Waals surface area contributed by atoms with Crippen LogP contribution in [0, 0.1) is 0 Å². The second kappa shape index (κ2) is 3.80. The van der Waals surface area contributed by atoms with E-state index in [1.54, 1.807) is 18.2 Å². The van der Waals surface area contributed by atoms with Gasteiger partial charge in [-0.05, 0) is 23.1 Å². The van der Waals surface area contributed by atoms with Gasteiger partial charge in [0.05, 0.1) is 4.90 Å². The van der Waals surface area contributed by atoms with E-state index in [1.165, 1.54) is 6.26 Å². The van der Waals surface area contributed by atoms with Crippen molar-refractivity contribution in [3.63, 3.8) is 0 Å². The maximum absolute atomic E-state index is 11.6. The lowest BCUT2D eigenvalue weighted by atomic mass is 9.87. The van der Waals surface area contributed by atoms with Crippen LogP contribution in [0.25, 0.3) is 0 Å². The number of hydrogen-bond acceptors (Lipinski definition) is 2. The summed E-state index contributed by atoms with van der Waals surface area (Å²) in [6.07, 6.45) is 1.20. The van der Waals surface area contributed by atoms with Crippen molar-refractivity contribution < 1.29 is 8.42 Å².